The van der Waals surface area contributed by atoms with Gasteiger partial charge in [-0.2, -0.15) is 0 Å². The molecule has 0 fully saturated rings. The van der Waals surface area contributed by atoms with Crippen LogP contribution < -0.4 is 15.6 Å². The van der Waals surface area contributed by atoms with Crippen molar-refractivity contribution in [2.24, 2.45) is 0 Å². The van der Waals surface area contributed by atoms with Gasteiger partial charge in [-0.05, 0) is 60.0 Å². The van der Waals surface area contributed by atoms with E-state index in [-0.39, 0.29) is 17.2 Å². The van der Waals surface area contributed by atoms with E-state index in [1.54, 1.807) is 11.7 Å². The minimum atomic E-state index is -0.124. The molecule has 0 spiro atoms. The smallest absolute Gasteiger partial charge is 0.272 e. The van der Waals surface area contributed by atoms with Crippen LogP contribution in [0.2, 0.25) is 0 Å². The van der Waals surface area contributed by atoms with Crippen molar-refractivity contribution in [3.63, 3.8) is 0 Å². The summed E-state index contributed by atoms with van der Waals surface area (Å²) in [6.07, 6.45) is 3.34. The Morgan fingerprint density at radius 2 is 2.03 bits per heavy atom. The molecule has 1 amide bonds. The molecular formula is C25H23N3O3S2. The summed E-state index contributed by atoms with van der Waals surface area (Å²) in [5, 5.41) is 5.36. The van der Waals surface area contributed by atoms with Crippen LogP contribution in [0.15, 0.2) is 63.9 Å². The summed E-state index contributed by atoms with van der Waals surface area (Å²) < 4.78 is 7.70. The first-order valence-corrected chi connectivity index (χ1v) is 12.6. The molecule has 1 aliphatic carbocycles. The van der Waals surface area contributed by atoms with Crippen LogP contribution >= 0.6 is 23.1 Å². The van der Waals surface area contributed by atoms with Crippen LogP contribution in [0.4, 0.5) is 5.69 Å². The summed E-state index contributed by atoms with van der Waals surface area (Å²) in [5.74, 6) is 0.743. The number of aryl methyl sites for hydroxylation is 2. The number of hydrogen-bond acceptors (Lipinski definition) is 6. The Hall–Kier alpha value is -3.10. The van der Waals surface area contributed by atoms with E-state index in [1.807, 2.05) is 41.8 Å². The van der Waals surface area contributed by atoms with Gasteiger partial charge in [0.05, 0.1) is 24.9 Å². The minimum absolute atomic E-state index is 0.109. The van der Waals surface area contributed by atoms with Crippen LogP contribution in [-0.4, -0.2) is 28.3 Å². The number of fused-ring (bicyclic) bond motifs is 2. The highest BCUT2D eigenvalue weighted by molar-refractivity contribution is 7.99. The molecule has 2 heterocycles. The number of rotatable bonds is 7. The maximum absolute atomic E-state index is 13.2. The lowest BCUT2D eigenvalue weighted by molar-refractivity contribution is -0.113. The van der Waals surface area contributed by atoms with Crippen molar-refractivity contribution in [3.8, 4) is 5.75 Å². The molecule has 2 aromatic heterocycles. The van der Waals surface area contributed by atoms with Gasteiger partial charge >= 0.3 is 0 Å². The van der Waals surface area contributed by atoms with E-state index in [4.69, 9.17) is 4.74 Å². The average Bonchev–Trinajstić information content (AvgIpc) is 3.49. The average molecular weight is 478 g/mol. The van der Waals surface area contributed by atoms with Gasteiger partial charge in [-0.3, -0.25) is 14.2 Å². The van der Waals surface area contributed by atoms with Gasteiger partial charge in [0.1, 0.15) is 10.4 Å². The Balaban J connectivity index is 1.38. The highest BCUT2D eigenvalue weighted by Gasteiger charge is 2.17. The zero-order valence-electron chi connectivity index (χ0n) is 18.2. The largest absolute Gasteiger partial charge is 0.496 e. The molecule has 1 aliphatic rings. The Bertz CT molecular complexity index is 1390. The van der Waals surface area contributed by atoms with Gasteiger partial charge in [0.25, 0.3) is 5.56 Å². The number of nitrogens with zero attached hydrogens (tertiary/aromatic N) is 2. The van der Waals surface area contributed by atoms with Crippen molar-refractivity contribution in [3.05, 3.63) is 81.0 Å². The van der Waals surface area contributed by atoms with Crippen molar-refractivity contribution >= 4 is 44.9 Å². The van der Waals surface area contributed by atoms with Crippen LogP contribution in [0.25, 0.3) is 10.2 Å². The number of methoxy groups -OCH3 is 1. The van der Waals surface area contributed by atoms with Gasteiger partial charge in [-0.25, -0.2) is 4.98 Å². The number of aromatic nitrogens is 2. The SMILES string of the molecule is COc1ccccc1Cn1c(SCC(=O)Nc2ccc3c(c2)CCC3)nc2ccsc2c1=O. The van der Waals surface area contributed by atoms with Crippen molar-refractivity contribution < 1.29 is 9.53 Å². The second-order valence-corrected chi connectivity index (χ2v) is 9.76. The van der Waals surface area contributed by atoms with Gasteiger partial charge < -0.3 is 10.1 Å². The van der Waals surface area contributed by atoms with Crippen molar-refractivity contribution in [2.45, 2.75) is 31.0 Å². The molecule has 5 rings (SSSR count). The number of nitrogens with one attached hydrogen (secondary N) is 1. The highest BCUT2D eigenvalue weighted by Crippen LogP contribution is 2.26. The van der Waals surface area contributed by atoms with Gasteiger partial charge in [-0.15, -0.1) is 11.3 Å². The minimum Gasteiger partial charge on any atom is -0.496 e. The second kappa shape index (κ2) is 9.41. The maximum Gasteiger partial charge on any atom is 0.272 e. The topological polar surface area (TPSA) is 73.2 Å². The summed E-state index contributed by atoms with van der Waals surface area (Å²) in [6.45, 7) is 0.318. The van der Waals surface area contributed by atoms with E-state index < -0.39 is 0 Å². The van der Waals surface area contributed by atoms with Crippen LogP contribution in [0.3, 0.4) is 0 Å². The molecule has 2 aromatic carbocycles. The van der Waals surface area contributed by atoms with E-state index in [0.29, 0.717) is 27.7 Å². The predicted molar refractivity (Wildman–Crippen MR) is 134 cm³/mol. The molecule has 4 aromatic rings. The molecule has 0 radical (unpaired) electrons. The summed E-state index contributed by atoms with van der Waals surface area (Å²) in [7, 11) is 1.61. The first kappa shape index (κ1) is 21.7. The Labute approximate surface area is 199 Å². The molecule has 0 saturated carbocycles. The lowest BCUT2D eigenvalue weighted by Crippen LogP contribution is -2.24. The van der Waals surface area contributed by atoms with Gasteiger partial charge in [0, 0.05) is 11.3 Å². The van der Waals surface area contributed by atoms with E-state index in [2.05, 4.69) is 22.4 Å². The summed E-state index contributed by atoms with van der Waals surface area (Å²) in [4.78, 5) is 30.6. The number of thioether (sulfide) groups is 1. The summed E-state index contributed by atoms with van der Waals surface area (Å²) >= 11 is 2.65. The molecular weight excluding hydrogens is 454 g/mol. The van der Waals surface area contributed by atoms with Gasteiger partial charge in [0.15, 0.2) is 5.16 Å². The Morgan fingerprint density at radius 1 is 1.18 bits per heavy atom. The number of hydrogen-bond donors (Lipinski definition) is 1. The van der Waals surface area contributed by atoms with Crippen LogP contribution in [0.5, 0.6) is 5.75 Å². The van der Waals surface area contributed by atoms with E-state index >= 15 is 0 Å². The van der Waals surface area contributed by atoms with Crippen LogP contribution in [0, 0.1) is 0 Å². The zero-order valence-corrected chi connectivity index (χ0v) is 19.8. The number of para-hydroxylation sites is 1. The molecule has 0 unspecified atom stereocenters. The number of carbonyl (C=O) groups excluding carboxylic acids is 1. The molecule has 1 N–H and O–H groups in total. The Kier molecular flexibility index (Phi) is 6.20. The quantitative estimate of drug-likeness (QED) is 0.308. The second-order valence-electron chi connectivity index (χ2n) is 7.91. The number of ether oxygens (including phenoxy) is 1. The third kappa shape index (κ3) is 4.54. The number of amides is 1. The molecule has 0 saturated heterocycles. The molecule has 0 atom stereocenters. The van der Waals surface area contributed by atoms with E-state index in [1.165, 1.54) is 40.6 Å². The first-order chi connectivity index (χ1) is 16.1. The standard InChI is InChI=1S/C25H23N3O3S2/c1-31-21-8-3-2-5-18(21)14-28-24(30)23-20(11-12-32-23)27-25(28)33-15-22(29)26-19-10-9-16-6-4-7-17(16)13-19/h2-3,5,8-13H,4,6-7,14-15H2,1H3,(H,26,29). The third-order valence-electron chi connectivity index (χ3n) is 5.77. The van der Waals surface area contributed by atoms with Crippen molar-refractivity contribution in [1.82, 2.24) is 9.55 Å². The molecule has 0 bridgehead atoms. The molecule has 33 heavy (non-hydrogen) atoms. The number of thiophene rings is 1. The first-order valence-electron chi connectivity index (χ1n) is 10.8. The molecule has 0 aliphatic heterocycles. The lowest BCUT2D eigenvalue weighted by atomic mass is 10.1. The predicted octanol–water partition coefficient (Wildman–Crippen LogP) is 4.73. The van der Waals surface area contributed by atoms with Crippen LogP contribution in [0.1, 0.15) is 23.1 Å². The van der Waals surface area contributed by atoms with Crippen molar-refractivity contribution in [1.29, 1.82) is 0 Å². The zero-order chi connectivity index (χ0) is 22.8. The van der Waals surface area contributed by atoms with Gasteiger partial charge in [0.2, 0.25) is 5.91 Å². The summed E-state index contributed by atoms with van der Waals surface area (Å²) in [5.41, 5.74) is 4.93. The monoisotopic (exact) mass is 477 g/mol. The third-order valence-corrected chi connectivity index (χ3v) is 7.63. The molecule has 8 heteroatoms. The fourth-order valence-electron chi connectivity index (χ4n) is 4.15. The lowest BCUT2D eigenvalue weighted by Gasteiger charge is -2.14. The van der Waals surface area contributed by atoms with Crippen molar-refractivity contribution in [2.75, 3.05) is 18.2 Å². The number of carbonyl (C=O) groups is 1. The Morgan fingerprint density at radius 3 is 2.91 bits per heavy atom. The van der Waals surface area contributed by atoms with E-state index in [9.17, 15) is 9.59 Å². The molecule has 168 valence electrons. The van der Waals surface area contributed by atoms with Crippen LogP contribution in [-0.2, 0) is 24.2 Å². The van der Waals surface area contributed by atoms with E-state index in [0.717, 1.165) is 24.1 Å². The summed E-state index contributed by atoms with van der Waals surface area (Å²) in [6, 6.07) is 15.6. The fraction of sp³-hybridized carbons (Fsp3) is 0.240. The molecule has 6 nitrogen and oxygen atoms in total. The normalized spacial score (nSPS) is 12.6. The highest BCUT2D eigenvalue weighted by atomic mass is 32.2. The number of benzene rings is 2. The maximum atomic E-state index is 13.2. The fourth-order valence-corrected chi connectivity index (χ4v) is 5.73. The number of anilines is 1. The van der Waals surface area contributed by atoms with Gasteiger partial charge in [-0.1, -0.05) is 36.0 Å².